The number of amides is 3. The van der Waals surface area contributed by atoms with Gasteiger partial charge in [0.1, 0.15) is 0 Å². The van der Waals surface area contributed by atoms with Gasteiger partial charge in [0, 0.05) is 30.8 Å². The maximum Gasteiger partial charge on any atom is 0.337 e. The Kier molecular flexibility index (Phi) is 4.84. The smallest absolute Gasteiger partial charge is 0.337 e. The van der Waals surface area contributed by atoms with Crippen molar-refractivity contribution >= 4 is 23.3 Å². The van der Waals surface area contributed by atoms with Gasteiger partial charge in [-0.25, -0.2) is 9.80 Å². The van der Waals surface area contributed by atoms with Gasteiger partial charge in [0.05, 0.1) is 11.8 Å². The van der Waals surface area contributed by atoms with Crippen LogP contribution in [0.2, 0.25) is 0 Å². The van der Waals surface area contributed by atoms with Crippen LogP contribution in [0.3, 0.4) is 0 Å². The normalized spacial score (nSPS) is 17.1. The molecule has 0 aliphatic carbocycles. The standard InChI is InChI=1S/C21H22N4O4/c1-12-8-15-9-18-19(29-11-28-18)10-17(15)20(24-25(12)21(27)22-3)14-4-6-16(7-5-14)23-13(2)26/h4-7,9-10,12H,8,11H2,1-3H3,(H,22,27)(H,23,26). The van der Waals surface area contributed by atoms with Gasteiger partial charge in [0.15, 0.2) is 11.5 Å². The Bertz CT molecular complexity index is 1000. The number of hydrazone groups is 1. The first-order chi connectivity index (χ1) is 14.0. The second kappa shape index (κ2) is 7.46. The molecule has 8 nitrogen and oxygen atoms in total. The van der Waals surface area contributed by atoms with Crippen LogP contribution >= 0.6 is 0 Å². The molecule has 2 aliphatic rings. The van der Waals surface area contributed by atoms with E-state index in [9.17, 15) is 9.59 Å². The summed E-state index contributed by atoms with van der Waals surface area (Å²) in [5.41, 5.74) is 4.08. The molecule has 29 heavy (non-hydrogen) atoms. The first kappa shape index (κ1) is 18.8. The highest BCUT2D eigenvalue weighted by atomic mass is 16.7. The minimum absolute atomic E-state index is 0.137. The molecule has 0 saturated heterocycles. The van der Waals surface area contributed by atoms with E-state index in [1.165, 1.54) is 11.9 Å². The van der Waals surface area contributed by atoms with E-state index >= 15 is 0 Å². The molecule has 2 aliphatic heterocycles. The Morgan fingerprint density at radius 2 is 1.83 bits per heavy atom. The lowest BCUT2D eigenvalue weighted by molar-refractivity contribution is -0.114. The summed E-state index contributed by atoms with van der Waals surface area (Å²) in [6, 6.07) is 10.8. The SMILES string of the molecule is CNC(=O)N1N=C(c2ccc(NC(C)=O)cc2)c2cc3c(cc2CC1C)OCO3. The second-order valence-electron chi connectivity index (χ2n) is 7.02. The van der Waals surface area contributed by atoms with E-state index < -0.39 is 0 Å². The first-order valence-corrected chi connectivity index (χ1v) is 9.36. The minimum atomic E-state index is -0.280. The summed E-state index contributed by atoms with van der Waals surface area (Å²) in [5, 5.41) is 11.6. The van der Waals surface area contributed by atoms with Crippen LogP contribution in [0.5, 0.6) is 11.5 Å². The number of anilines is 1. The fraction of sp³-hybridized carbons (Fsp3) is 0.286. The molecule has 0 radical (unpaired) electrons. The molecule has 2 aromatic carbocycles. The highest BCUT2D eigenvalue weighted by Gasteiger charge is 2.29. The van der Waals surface area contributed by atoms with Crippen LogP contribution in [0.1, 0.15) is 30.5 Å². The van der Waals surface area contributed by atoms with Gasteiger partial charge in [-0.1, -0.05) is 12.1 Å². The zero-order valence-corrected chi connectivity index (χ0v) is 16.5. The van der Waals surface area contributed by atoms with Crippen LogP contribution in [0, 0.1) is 0 Å². The van der Waals surface area contributed by atoms with Gasteiger partial charge in [-0.15, -0.1) is 0 Å². The Morgan fingerprint density at radius 3 is 2.48 bits per heavy atom. The quantitative estimate of drug-likeness (QED) is 0.819. The van der Waals surface area contributed by atoms with Crippen molar-refractivity contribution in [1.29, 1.82) is 0 Å². The summed E-state index contributed by atoms with van der Waals surface area (Å²) in [7, 11) is 1.58. The largest absolute Gasteiger partial charge is 0.454 e. The monoisotopic (exact) mass is 394 g/mol. The molecular formula is C21H22N4O4. The molecule has 0 saturated carbocycles. The fourth-order valence-corrected chi connectivity index (χ4v) is 3.53. The van der Waals surface area contributed by atoms with Gasteiger partial charge in [0.2, 0.25) is 12.7 Å². The van der Waals surface area contributed by atoms with Crippen LogP contribution < -0.4 is 20.1 Å². The minimum Gasteiger partial charge on any atom is -0.454 e. The van der Waals surface area contributed by atoms with Crippen molar-refractivity contribution in [3.63, 3.8) is 0 Å². The lowest BCUT2D eigenvalue weighted by Gasteiger charge is -2.22. The molecule has 2 N–H and O–H groups in total. The third kappa shape index (κ3) is 3.61. The average Bonchev–Trinajstić information content (AvgIpc) is 3.10. The predicted molar refractivity (Wildman–Crippen MR) is 108 cm³/mol. The molecule has 2 aromatic rings. The summed E-state index contributed by atoms with van der Waals surface area (Å²) in [5.74, 6) is 1.22. The van der Waals surface area contributed by atoms with E-state index in [0.717, 1.165) is 16.7 Å². The van der Waals surface area contributed by atoms with Crippen molar-refractivity contribution in [2.45, 2.75) is 26.3 Å². The molecule has 4 rings (SSSR count). The third-order valence-electron chi connectivity index (χ3n) is 4.89. The van der Waals surface area contributed by atoms with Crippen molar-refractivity contribution in [1.82, 2.24) is 10.3 Å². The van der Waals surface area contributed by atoms with Crippen molar-refractivity contribution in [3.8, 4) is 11.5 Å². The molecule has 1 unspecified atom stereocenters. The Morgan fingerprint density at radius 1 is 1.14 bits per heavy atom. The molecule has 0 fully saturated rings. The van der Waals surface area contributed by atoms with E-state index in [2.05, 4.69) is 10.6 Å². The summed E-state index contributed by atoms with van der Waals surface area (Å²) >= 11 is 0. The Balaban J connectivity index is 1.83. The number of ether oxygens (including phenoxy) is 2. The molecule has 3 amide bonds. The number of hydrogen-bond donors (Lipinski definition) is 2. The topological polar surface area (TPSA) is 92.3 Å². The molecule has 0 bridgehead atoms. The van der Waals surface area contributed by atoms with Crippen LogP contribution in [0.4, 0.5) is 10.5 Å². The summed E-state index contributed by atoms with van der Waals surface area (Å²) < 4.78 is 11.1. The predicted octanol–water partition coefficient (Wildman–Crippen LogP) is 2.71. The molecule has 1 atom stereocenters. The highest BCUT2D eigenvalue weighted by molar-refractivity contribution is 6.14. The number of nitrogens with one attached hydrogen (secondary N) is 2. The number of rotatable bonds is 2. The van der Waals surface area contributed by atoms with Gasteiger partial charge in [-0.2, -0.15) is 5.10 Å². The van der Waals surface area contributed by atoms with Gasteiger partial charge in [-0.3, -0.25) is 4.79 Å². The van der Waals surface area contributed by atoms with Crippen LogP contribution in [-0.4, -0.2) is 42.5 Å². The lowest BCUT2D eigenvalue weighted by Crippen LogP contribution is -2.41. The number of fused-ring (bicyclic) bond motifs is 2. The molecule has 8 heteroatoms. The molecule has 2 heterocycles. The maximum absolute atomic E-state index is 12.4. The zero-order chi connectivity index (χ0) is 20.5. The fourth-order valence-electron chi connectivity index (χ4n) is 3.53. The van der Waals surface area contributed by atoms with E-state index in [4.69, 9.17) is 14.6 Å². The average molecular weight is 394 g/mol. The van der Waals surface area contributed by atoms with E-state index in [0.29, 0.717) is 29.3 Å². The Labute approximate surface area is 168 Å². The summed E-state index contributed by atoms with van der Waals surface area (Å²) in [6.45, 7) is 3.61. The molecule has 0 spiro atoms. The lowest BCUT2D eigenvalue weighted by atomic mass is 9.94. The van der Waals surface area contributed by atoms with E-state index in [1.54, 1.807) is 7.05 Å². The first-order valence-electron chi connectivity index (χ1n) is 9.36. The number of carbonyl (C=O) groups excluding carboxylic acids is 2. The number of nitrogens with zero attached hydrogens (tertiary/aromatic N) is 2. The number of urea groups is 1. The number of carbonyl (C=O) groups is 2. The van der Waals surface area contributed by atoms with E-state index in [1.807, 2.05) is 43.3 Å². The number of benzene rings is 2. The van der Waals surface area contributed by atoms with Gasteiger partial charge >= 0.3 is 6.03 Å². The molecule has 0 aromatic heterocycles. The summed E-state index contributed by atoms with van der Waals surface area (Å²) in [4.78, 5) is 23.7. The molecule has 150 valence electrons. The summed E-state index contributed by atoms with van der Waals surface area (Å²) in [6.07, 6.45) is 0.621. The molecular weight excluding hydrogens is 372 g/mol. The van der Waals surface area contributed by atoms with Crippen molar-refractivity contribution in [2.75, 3.05) is 19.2 Å². The second-order valence-corrected chi connectivity index (χ2v) is 7.02. The van der Waals surface area contributed by atoms with Crippen molar-refractivity contribution in [2.24, 2.45) is 5.10 Å². The van der Waals surface area contributed by atoms with Gasteiger partial charge < -0.3 is 20.1 Å². The maximum atomic E-state index is 12.4. The van der Waals surface area contributed by atoms with Crippen molar-refractivity contribution in [3.05, 3.63) is 53.1 Å². The zero-order valence-electron chi connectivity index (χ0n) is 16.5. The van der Waals surface area contributed by atoms with Gasteiger partial charge in [0.25, 0.3) is 0 Å². The van der Waals surface area contributed by atoms with Crippen molar-refractivity contribution < 1.29 is 19.1 Å². The van der Waals surface area contributed by atoms with Gasteiger partial charge in [-0.05, 0) is 43.2 Å². The van der Waals surface area contributed by atoms with Crippen LogP contribution in [0.15, 0.2) is 41.5 Å². The Hall–Kier alpha value is -3.55. The van der Waals surface area contributed by atoms with Crippen LogP contribution in [-0.2, 0) is 11.2 Å². The number of hydrogen-bond acceptors (Lipinski definition) is 5. The van der Waals surface area contributed by atoms with E-state index in [-0.39, 0.29) is 24.8 Å². The third-order valence-corrected chi connectivity index (χ3v) is 4.89. The highest BCUT2D eigenvalue weighted by Crippen LogP contribution is 2.37. The van der Waals surface area contributed by atoms with Crippen LogP contribution in [0.25, 0.3) is 0 Å².